The molecule has 0 spiro atoms. The van der Waals surface area contributed by atoms with Crippen molar-refractivity contribution in [2.45, 2.75) is 11.3 Å². The van der Waals surface area contributed by atoms with E-state index in [1.54, 1.807) is 0 Å². The van der Waals surface area contributed by atoms with Gasteiger partial charge in [-0.05, 0) is 78.5 Å². The molecule has 12 rings (SSSR count). The van der Waals surface area contributed by atoms with E-state index in [1.165, 1.54) is 38.9 Å². The van der Waals surface area contributed by atoms with Crippen molar-refractivity contribution in [2.24, 2.45) is 5.92 Å². The Morgan fingerprint density at radius 2 is 0.825 bits per heavy atom. The minimum atomic E-state index is -0.350. The first-order chi connectivity index (χ1) is 31.2. The first-order valence-electron chi connectivity index (χ1n) is 21.8. The second kappa shape index (κ2) is 15.2. The molecule has 0 amide bonds. The van der Waals surface area contributed by atoms with Crippen LogP contribution in [0.25, 0.3) is 73.3 Å². The van der Waals surface area contributed by atoms with Crippen LogP contribution in [0, 0.1) is 5.92 Å². The minimum absolute atomic E-state index is 0.227. The Morgan fingerprint density at radius 1 is 0.349 bits per heavy atom. The van der Waals surface area contributed by atoms with E-state index in [1.807, 2.05) is 36.4 Å². The van der Waals surface area contributed by atoms with E-state index in [2.05, 4.69) is 200 Å². The molecule has 0 radical (unpaired) electrons. The lowest BCUT2D eigenvalue weighted by atomic mass is 9.62. The lowest BCUT2D eigenvalue weighted by molar-refractivity contribution is 0.451. The van der Waals surface area contributed by atoms with Crippen LogP contribution in [-0.2, 0) is 5.41 Å². The molecule has 3 heteroatoms. The van der Waals surface area contributed by atoms with Crippen LogP contribution in [-0.4, -0.2) is 15.0 Å². The van der Waals surface area contributed by atoms with Crippen molar-refractivity contribution in [2.75, 3.05) is 0 Å². The molecule has 10 aromatic rings. The molecule has 296 valence electrons. The summed E-state index contributed by atoms with van der Waals surface area (Å²) in [6.45, 7) is 0. The van der Waals surface area contributed by atoms with Gasteiger partial charge in [-0.3, -0.25) is 0 Å². The van der Waals surface area contributed by atoms with E-state index in [9.17, 15) is 0 Å². The molecule has 3 nitrogen and oxygen atoms in total. The highest BCUT2D eigenvalue weighted by molar-refractivity contribution is 5.96. The van der Waals surface area contributed by atoms with Gasteiger partial charge in [-0.2, -0.15) is 0 Å². The third-order valence-electron chi connectivity index (χ3n) is 13.3. The average Bonchev–Trinajstić information content (AvgIpc) is 3.68. The van der Waals surface area contributed by atoms with Crippen molar-refractivity contribution < 1.29 is 0 Å². The molecular formula is C60H41N3. The average molecular weight is 804 g/mol. The zero-order valence-electron chi connectivity index (χ0n) is 34.5. The van der Waals surface area contributed by atoms with E-state index in [4.69, 9.17) is 15.0 Å². The number of rotatable bonds is 7. The van der Waals surface area contributed by atoms with Gasteiger partial charge in [0.2, 0.25) is 0 Å². The number of fused-ring (bicyclic) bond motifs is 6. The fourth-order valence-electron chi connectivity index (χ4n) is 10.4. The van der Waals surface area contributed by atoms with E-state index in [-0.39, 0.29) is 17.3 Å². The molecule has 0 saturated carbocycles. The SMILES string of the molecule is C1=CC2C(c3ccccc31)c1ccccc1C2(c1ccccc1)c1ccc(-c2ccc(-c3cc4ccccc4cc3-c3nc(-c4ccccc4)nc(-c4ccccc4)n3)cc2)cc1. The molecule has 0 N–H and O–H groups in total. The van der Waals surface area contributed by atoms with Crippen molar-refractivity contribution in [3.05, 3.63) is 264 Å². The smallest absolute Gasteiger partial charge is 0.164 e. The fraction of sp³-hybridized carbons (Fsp3) is 0.0500. The molecule has 0 fully saturated rings. The van der Waals surface area contributed by atoms with Crippen molar-refractivity contribution in [1.29, 1.82) is 0 Å². The molecular weight excluding hydrogens is 763 g/mol. The fourth-order valence-corrected chi connectivity index (χ4v) is 10.4. The van der Waals surface area contributed by atoms with Crippen LogP contribution in [0.1, 0.15) is 39.3 Å². The summed E-state index contributed by atoms with van der Waals surface area (Å²) in [6.07, 6.45) is 4.83. The van der Waals surface area contributed by atoms with E-state index in [0.29, 0.717) is 17.5 Å². The summed E-state index contributed by atoms with van der Waals surface area (Å²) in [5.41, 5.74) is 15.2. The largest absolute Gasteiger partial charge is 0.208 e. The first-order valence-corrected chi connectivity index (χ1v) is 21.8. The highest BCUT2D eigenvalue weighted by Crippen LogP contribution is 2.61. The quantitative estimate of drug-likeness (QED) is 0.161. The standard InChI is InChI=1S/C60H41N3/c1-4-17-44(18-5-1)57-61-58(45-19-6-2-7-20-45)63-59(62-57)53-39-47-22-11-10-21-46(47)38-52(53)43-30-28-40(29-31-43)41-32-35-49(36-33-41)60(48-23-8-3-9-24-48)54-27-15-14-26-51(54)56-50-25-13-12-16-42(50)34-37-55(56)60/h1-39,55-56H. The van der Waals surface area contributed by atoms with Crippen LogP contribution in [0.3, 0.4) is 0 Å². The maximum absolute atomic E-state index is 5.15. The zero-order chi connectivity index (χ0) is 41.7. The molecule has 1 heterocycles. The highest BCUT2D eigenvalue weighted by Gasteiger charge is 2.54. The molecule has 0 saturated heterocycles. The molecule has 0 aliphatic heterocycles. The maximum Gasteiger partial charge on any atom is 0.164 e. The van der Waals surface area contributed by atoms with Crippen molar-refractivity contribution >= 4 is 16.8 Å². The van der Waals surface area contributed by atoms with Gasteiger partial charge in [-0.1, -0.05) is 224 Å². The molecule has 3 atom stereocenters. The Labute approximate surface area is 367 Å². The third-order valence-corrected chi connectivity index (χ3v) is 13.3. The first kappa shape index (κ1) is 36.8. The summed E-state index contributed by atoms with van der Waals surface area (Å²) >= 11 is 0. The van der Waals surface area contributed by atoms with Gasteiger partial charge >= 0.3 is 0 Å². The Balaban J connectivity index is 0.952. The summed E-state index contributed by atoms with van der Waals surface area (Å²) in [6, 6.07) is 80.9. The lowest BCUT2D eigenvalue weighted by Crippen LogP contribution is -2.35. The van der Waals surface area contributed by atoms with Gasteiger partial charge in [0.25, 0.3) is 0 Å². The van der Waals surface area contributed by atoms with Crippen molar-refractivity contribution in [3.63, 3.8) is 0 Å². The molecule has 1 aromatic heterocycles. The summed E-state index contributed by atoms with van der Waals surface area (Å²) in [5.74, 6) is 2.43. The summed E-state index contributed by atoms with van der Waals surface area (Å²) in [4.78, 5) is 15.3. The second-order valence-corrected chi connectivity index (χ2v) is 16.7. The van der Waals surface area contributed by atoms with Crippen LogP contribution >= 0.6 is 0 Å². The number of nitrogens with zero attached hydrogens (tertiary/aromatic N) is 3. The van der Waals surface area contributed by atoms with Gasteiger partial charge in [-0.15, -0.1) is 0 Å². The molecule has 3 unspecified atom stereocenters. The highest BCUT2D eigenvalue weighted by atomic mass is 15.0. The Bertz CT molecular complexity index is 3260. The minimum Gasteiger partial charge on any atom is -0.208 e. The molecule has 9 aromatic carbocycles. The van der Waals surface area contributed by atoms with Crippen molar-refractivity contribution in [3.8, 4) is 56.4 Å². The number of allylic oxidation sites excluding steroid dienone is 1. The van der Waals surface area contributed by atoms with Crippen LogP contribution in [0.5, 0.6) is 0 Å². The Morgan fingerprint density at radius 3 is 1.48 bits per heavy atom. The number of hydrogen-bond donors (Lipinski definition) is 0. The van der Waals surface area contributed by atoms with Crippen LogP contribution < -0.4 is 0 Å². The maximum atomic E-state index is 5.15. The second-order valence-electron chi connectivity index (χ2n) is 16.7. The van der Waals surface area contributed by atoms with E-state index < -0.39 is 0 Å². The molecule has 2 aliphatic rings. The van der Waals surface area contributed by atoms with Gasteiger partial charge in [-0.25, -0.2) is 15.0 Å². The third kappa shape index (κ3) is 6.15. The Hall–Kier alpha value is -8.01. The van der Waals surface area contributed by atoms with Crippen molar-refractivity contribution in [1.82, 2.24) is 15.0 Å². The summed E-state index contributed by atoms with van der Waals surface area (Å²) < 4.78 is 0. The van der Waals surface area contributed by atoms with Gasteiger partial charge in [0, 0.05) is 28.5 Å². The van der Waals surface area contributed by atoms with Crippen LogP contribution in [0.2, 0.25) is 0 Å². The summed E-state index contributed by atoms with van der Waals surface area (Å²) in [7, 11) is 0. The zero-order valence-corrected chi connectivity index (χ0v) is 34.5. The van der Waals surface area contributed by atoms with Crippen LogP contribution in [0.4, 0.5) is 0 Å². The molecule has 0 bridgehead atoms. The Kier molecular flexibility index (Phi) is 8.86. The number of aromatic nitrogens is 3. The molecule has 63 heavy (non-hydrogen) atoms. The summed E-state index contributed by atoms with van der Waals surface area (Å²) in [5, 5.41) is 2.30. The van der Waals surface area contributed by atoms with E-state index in [0.717, 1.165) is 44.2 Å². The van der Waals surface area contributed by atoms with Gasteiger partial charge in [0.1, 0.15) is 0 Å². The number of hydrogen-bond acceptors (Lipinski definition) is 3. The predicted molar refractivity (Wildman–Crippen MR) is 258 cm³/mol. The van der Waals surface area contributed by atoms with Gasteiger partial charge in [0.05, 0.1) is 5.41 Å². The normalized spacial score (nSPS) is 17.2. The number of benzene rings is 9. The van der Waals surface area contributed by atoms with Gasteiger partial charge in [0.15, 0.2) is 17.5 Å². The predicted octanol–water partition coefficient (Wildman–Crippen LogP) is 14.5. The van der Waals surface area contributed by atoms with Gasteiger partial charge < -0.3 is 0 Å². The molecule has 2 aliphatic carbocycles. The monoisotopic (exact) mass is 803 g/mol. The van der Waals surface area contributed by atoms with Crippen LogP contribution in [0.15, 0.2) is 231 Å². The topological polar surface area (TPSA) is 38.7 Å². The lowest BCUT2D eigenvalue weighted by Gasteiger charge is -2.40. The van der Waals surface area contributed by atoms with E-state index >= 15 is 0 Å².